The van der Waals surface area contributed by atoms with Gasteiger partial charge in [-0.1, -0.05) is 66.7 Å². The van der Waals surface area contributed by atoms with Gasteiger partial charge in [0.15, 0.2) is 0 Å². The number of carbonyl (C=O) groups excluding carboxylic acids is 2. The van der Waals surface area contributed by atoms with Gasteiger partial charge in [-0.05, 0) is 41.5 Å². The summed E-state index contributed by atoms with van der Waals surface area (Å²) in [7, 11) is 0. The summed E-state index contributed by atoms with van der Waals surface area (Å²) in [5.74, 6) is -0.431. The van der Waals surface area contributed by atoms with Crippen molar-refractivity contribution in [2.45, 2.75) is 6.42 Å². The molecule has 3 aromatic rings. The van der Waals surface area contributed by atoms with Gasteiger partial charge in [0.25, 0.3) is 5.91 Å². The largest absolute Gasteiger partial charge is 0.326 e. The standard InChI is InChI=1S/C24H21N3O2/c28-23(18-20-10-5-2-6-11-20)26-22-15-13-21(14-16-22)24(29)27-25-17-7-12-19-8-3-1-4-9-19/h1-17H,18H2,(H,26,28)(H,27,29)/b12-7+,25-17-. The molecule has 5 nitrogen and oxygen atoms in total. The number of hydrogen-bond donors (Lipinski definition) is 2. The molecule has 0 bridgehead atoms. The molecule has 0 unspecified atom stereocenters. The van der Waals surface area contributed by atoms with E-state index in [2.05, 4.69) is 15.8 Å². The molecule has 2 amide bonds. The maximum atomic E-state index is 12.1. The van der Waals surface area contributed by atoms with Gasteiger partial charge in [0.05, 0.1) is 6.42 Å². The van der Waals surface area contributed by atoms with Gasteiger partial charge in [0, 0.05) is 17.5 Å². The Bertz CT molecular complexity index is 995. The van der Waals surface area contributed by atoms with Crippen molar-refractivity contribution in [1.29, 1.82) is 0 Å². The Morgan fingerprint density at radius 3 is 2.17 bits per heavy atom. The Morgan fingerprint density at radius 2 is 1.48 bits per heavy atom. The lowest BCUT2D eigenvalue weighted by Gasteiger charge is -2.06. The molecule has 0 heterocycles. The lowest BCUT2D eigenvalue weighted by atomic mass is 10.1. The number of anilines is 1. The summed E-state index contributed by atoms with van der Waals surface area (Å²) >= 11 is 0. The molecule has 0 aliphatic heterocycles. The van der Waals surface area contributed by atoms with Gasteiger partial charge in [-0.2, -0.15) is 5.10 Å². The summed E-state index contributed by atoms with van der Waals surface area (Å²) in [4.78, 5) is 24.2. The quantitative estimate of drug-likeness (QED) is 0.472. The topological polar surface area (TPSA) is 70.6 Å². The first kappa shape index (κ1) is 19.8. The van der Waals surface area contributed by atoms with Crippen LogP contribution in [0, 0.1) is 0 Å². The summed E-state index contributed by atoms with van der Waals surface area (Å²) in [6.45, 7) is 0. The van der Waals surface area contributed by atoms with Crippen LogP contribution in [0.5, 0.6) is 0 Å². The maximum absolute atomic E-state index is 12.1. The van der Waals surface area contributed by atoms with Crippen molar-refractivity contribution in [3.63, 3.8) is 0 Å². The molecule has 3 aromatic carbocycles. The number of carbonyl (C=O) groups is 2. The number of nitrogens with zero attached hydrogens (tertiary/aromatic N) is 1. The van der Waals surface area contributed by atoms with Crippen LogP contribution in [0.15, 0.2) is 96.1 Å². The highest BCUT2D eigenvalue weighted by atomic mass is 16.2. The summed E-state index contributed by atoms with van der Waals surface area (Å²) in [6, 6.07) is 26.0. The van der Waals surface area contributed by atoms with E-state index in [1.54, 1.807) is 30.3 Å². The zero-order valence-corrected chi connectivity index (χ0v) is 15.8. The van der Waals surface area contributed by atoms with Gasteiger partial charge in [0.1, 0.15) is 0 Å². The summed E-state index contributed by atoms with van der Waals surface area (Å²) in [5.41, 5.74) is 5.56. The first-order chi connectivity index (χ1) is 14.2. The summed E-state index contributed by atoms with van der Waals surface area (Å²) in [6.07, 6.45) is 5.46. The third-order valence-electron chi connectivity index (χ3n) is 4.05. The molecule has 0 aromatic heterocycles. The third-order valence-corrected chi connectivity index (χ3v) is 4.05. The normalized spacial score (nSPS) is 10.9. The van der Waals surface area contributed by atoms with Gasteiger partial charge in [-0.15, -0.1) is 0 Å². The van der Waals surface area contributed by atoms with Crippen LogP contribution in [-0.2, 0) is 11.2 Å². The van der Waals surface area contributed by atoms with Crippen LogP contribution in [-0.4, -0.2) is 18.0 Å². The second-order valence-corrected chi connectivity index (χ2v) is 6.28. The van der Waals surface area contributed by atoms with E-state index >= 15 is 0 Å². The highest BCUT2D eigenvalue weighted by molar-refractivity contribution is 5.96. The van der Waals surface area contributed by atoms with Crippen LogP contribution in [0.1, 0.15) is 21.5 Å². The number of hydrazone groups is 1. The van der Waals surface area contributed by atoms with Crippen LogP contribution in [0.2, 0.25) is 0 Å². The highest BCUT2D eigenvalue weighted by Gasteiger charge is 2.06. The molecule has 0 atom stereocenters. The molecule has 29 heavy (non-hydrogen) atoms. The minimum atomic E-state index is -0.323. The van der Waals surface area contributed by atoms with E-state index < -0.39 is 0 Å². The zero-order chi connectivity index (χ0) is 20.3. The summed E-state index contributed by atoms with van der Waals surface area (Å²) < 4.78 is 0. The van der Waals surface area contributed by atoms with Gasteiger partial charge < -0.3 is 5.32 Å². The summed E-state index contributed by atoms with van der Waals surface area (Å²) in [5, 5.41) is 6.72. The average molecular weight is 383 g/mol. The van der Waals surface area contributed by atoms with Crippen LogP contribution in [0.3, 0.4) is 0 Å². The molecule has 0 aliphatic rings. The SMILES string of the molecule is O=C(Cc1ccccc1)Nc1ccc(C(=O)N/N=C\C=C\c2ccccc2)cc1. The van der Waals surface area contributed by atoms with Crippen molar-refractivity contribution in [3.8, 4) is 0 Å². The fraction of sp³-hybridized carbons (Fsp3) is 0.0417. The first-order valence-electron chi connectivity index (χ1n) is 9.20. The van der Waals surface area contributed by atoms with E-state index in [0.717, 1.165) is 11.1 Å². The Kier molecular flexibility index (Phi) is 7.07. The Labute approximate surface area is 169 Å². The third kappa shape index (κ3) is 6.59. The molecule has 3 rings (SSSR count). The number of amides is 2. The van der Waals surface area contributed by atoms with E-state index in [1.165, 1.54) is 6.21 Å². The van der Waals surface area contributed by atoms with Crippen LogP contribution in [0.4, 0.5) is 5.69 Å². The smallest absolute Gasteiger partial charge is 0.271 e. The van der Waals surface area contributed by atoms with E-state index in [-0.39, 0.29) is 11.8 Å². The van der Waals surface area contributed by atoms with E-state index in [1.807, 2.05) is 66.7 Å². The van der Waals surface area contributed by atoms with E-state index in [4.69, 9.17) is 0 Å². The number of hydrogen-bond acceptors (Lipinski definition) is 3. The number of allylic oxidation sites excluding steroid dienone is 1. The predicted octanol–water partition coefficient (Wildman–Crippen LogP) is 4.30. The minimum absolute atomic E-state index is 0.108. The molecule has 0 fully saturated rings. The van der Waals surface area contributed by atoms with Crippen molar-refractivity contribution in [2.24, 2.45) is 5.10 Å². The van der Waals surface area contributed by atoms with E-state index in [9.17, 15) is 9.59 Å². The molecule has 2 N–H and O–H groups in total. The van der Waals surface area contributed by atoms with Crippen molar-refractivity contribution >= 4 is 29.8 Å². The Balaban J connectivity index is 1.47. The molecule has 0 aliphatic carbocycles. The average Bonchev–Trinajstić information content (AvgIpc) is 2.75. The molecule has 0 saturated heterocycles. The van der Waals surface area contributed by atoms with Crippen molar-refractivity contribution in [2.75, 3.05) is 5.32 Å². The van der Waals surface area contributed by atoms with Crippen LogP contribution >= 0.6 is 0 Å². The number of rotatable bonds is 7. The van der Waals surface area contributed by atoms with Crippen molar-refractivity contribution < 1.29 is 9.59 Å². The Hall–Kier alpha value is -3.99. The second kappa shape index (κ2) is 10.4. The van der Waals surface area contributed by atoms with Gasteiger partial charge in [0.2, 0.25) is 5.91 Å². The first-order valence-corrected chi connectivity index (χ1v) is 9.20. The van der Waals surface area contributed by atoms with Crippen molar-refractivity contribution in [3.05, 3.63) is 108 Å². The number of benzene rings is 3. The molecular weight excluding hydrogens is 362 g/mol. The van der Waals surface area contributed by atoms with Crippen molar-refractivity contribution in [1.82, 2.24) is 5.43 Å². The van der Waals surface area contributed by atoms with Gasteiger partial charge >= 0.3 is 0 Å². The Morgan fingerprint density at radius 1 is 0.828 bits per heavy atom. The monoisotopic (exact) mass is 383 g/mol. The maximum Gasteiger partial charge on any atom is 0.271 e. The molecule has 0 saturated carbocycles. The fourth-order valence-electron chi connectivity index (χ4n) is 2.61. The second-order valence-electron chi connectivity index (χ2n) is 6.28. The molecule has 0 radical (unpaired) electrons. The van der Waals surface area contributed by atoms with Gasteiger partial charge in [-0.25, -0.2) is 5.43 Å². The molecular formula is C24H21N3O2. The molecule has 5 heteroatoms. The minimum Gasteiger partial charge on any atom is -0.326 e. The van der Waals surface area contributed by atoms with Crippen LogP contribution in [0.25, 0.3) is 6.08 Å². The van der Waals surface area contributed by atoms with E-state index in [0.29, 0.717) is 17.7 Å². The highest BCUT2D eigenvalue weighted by Crippen LogP contribution is 2.11. The predicted molar refractivity (Wildman–Crippen MR) is 117 cm³/mol. The fourth-order valence-corrected chi connectivity index (χ4v) is 2.61. The van der Waals surface area contributed by atoms with Gasteiger partial charge in [-0.3, -0.25) is 9.59 Å². The molecule has 0 spiro atoms. The zero-order valence-electron chi connectivity index (χ0n) is 15.8. The van der Waals surface area contributed by atoms with Crippen LogP contribution < -0.4 is 10.7 Å². The number of nitrogens with one attached hydrogen (secondary N) is 2. The molecule has 144 valence electrons. The lowest BCUT2D eigenvalue weighted by Crippen LogP contribution is -2.18. The lowest BCUT2D eigenvalue weighted by molar-refractivity contribution is -0.115.